The maximum atomic E-state index is 12.1. The molecule has 0 aliphatic heterocycles. The topological polar surface area (TPSA) is 84.9 Å². The highest BCUT2D eigenvalue weighted by atomic mass is 32.2. The molecule has 116 valence electrons. The average molecular weight is 313 g/mol. The molecule has 0 radical (unpaired) electrons. The average Bonchev–Trinajstić information content (AvgIpc) is 2.49. The van der Waals surface area contributed by atoms with Crippen LogP contribution < -0.4 is 14.8 Å². The molecule has 1 amide bonds. The highest BCUT2D eigenvalue weighted by Crippen LogP contribution is 2.27. The third kappa shape index (κ3) is 4.86. The third-order valence-corrected chi connectivity index (χ3v) is 3.50. The second kappa shape index (κ2) is 8.41. The number of carboxylic acid groups (broad SMARTS) is 1. The van der Waals surface area contributed by atoms with Crippen LogP contribution >= 0.6 is 11.8 Å². The van der Waals surface area contributed by atoms with Crippen LogP contribution in [0.5, 0.6) is 11.5 Å². The van der Waals surface area contributed by atoms with Crippen molar-refractivity contribution in [1.29, 1.82) is 0 Å². The molecular formula is C14H19NO5S. The monoisotopic (exact) mass is 313 g/mol. The van der Waals surface area contributed by atoms with Crippen LogP contribution in [0.25, 0.3) is 0 Å². The SMILES string of the molecule is COc1ccc(C(=O)N[C@@H](CCSC)C(=O)O)cc1OC. The standard InChI is InChI=1S/C14H19NO5S/c1-19-11-5-4-9(8-12(11)20-2)13(16)15-10(14(17)18)6-7-21-3/h4-5,8,10H,6-7H2,1-3H3,(H,15,16)(H,17,18)/t10-/m0/s1. The summed E-state index contributed by atoms with van der Waals surface area (Å²) < 4.78 is 10.2. The van der Waals surface area contributed by atoms with E-state index in [2.05, 4.69) is 5.32 Å². The first-order valence-corrected chi connectivity index (χ1v) is 7.67. The smallest absolute Gasteiger partial charge is 0.326 e. The first kappa shape index (κ1) is 17.2. The minimum absolute atomic E-state index is 0.322. The van der Waals surface area contributed by atoms with Gasteiger partial charge in [-0.15, -0.1) is 0 Å². The lowest BCUT2D eigenvalue weighted by atomic mass is 10.1. The van der Waals surface area contributed by atoms with E-state index in [0.29, 0.717) is 29.2 Å². The molecule has 0 saturated heterocycles. The number of benzene rings is 1. The van der Waals surface area contributed by atoms with Crippen LogP contribution in [0.2, 0.25) is 0 Å². The summed E-state index contributed by atoms with van der Waals surface area (Å²) >= 11 is 1.53. The Hall–Kier alpha value is -1.89. The fourth-order valence-electron chi connectivity index (χ4n) is 1.71. The Morgan fingerprint density at radius 3 is 2.48 bits per heavy atom. The maximum Gasteiger partial charge on any atom is 0.326 e. The maximum absolute atomic E-state index is 12.1. The Morgan fingerprint density at radius 1 is 1.29 bits per heavy atom. The largest absolute Gasteiger partial charge is 0.493 e. The van der Waals surface area contributed by atoms with Crippen LogP contribution in [0, 0.1) is 0 Å². The molecular weight excluding hydrogens is 294 g/mol. The van der Waals surface area contributed by atoms with Gasteiger partial charge in [-0.1, -0.05) is 0 Å². The van der Waals surface area contributed by atoms with E-state index in [0.717, 1.165) is 0 Å². The number of nitrogens with one attached hydrogen (secondary N) is 1. The first-order chi connectivity index (χ1) is 10.0. The van der Waals surface area contributed by atoms with Crippen molar-refractivity contribution in [2.45, 2.75) is 12.5 Å². The lowest BCUT2D eigenvalue weighted by Gasteiger charge is -2.15. The van der Waals surface area contributed by atoms with E-state index >= 15 is 0 Å². The molecule has 21 heavy (non-hydrogen) atoms. The summed E-state index contributed by atoms with van der Waals surface area (Å²) in [6.07, 6.45) is 2.25. The Labute approximate surface area is 127 Å². The Bertz CT molecular complexity index is 506. The number of rotatable bonds is 8. The molecule has 0 bridgehead atoms. The highest BCUT2D eigenvalue weighted by Gasteiger charge is 2.20. The number of aliphatic carboxylic acids is 1. The van der Waals surface area contributed by atoms with Crippen molar-refractivity contribution in [1.82, 2.24) is 5.32 Å². The van der Waals surface area contributed by atoms with E-state index in [1.54, 1.807) is 12.1 Å². The lowest BCUT2D eigenvalue weighted by molar-refractivity contribution is -0.139. The van der Waals surface area contributed by atoms with Gasteiger partial charge in [0.25, 0.3) is 5.91 Å². The number of amides is 1. The molecule has 1 rings (SSSR count). The molecule has 6 nitrogen and oxygen atoms in total. The van der Waals surface area contributed by atoms with E-state index in [-0.39, 0.29) is 0 Å². The minimum Gasteiger partial charge on any atom is -0.493 e. The molecule has 0 aliphatic rings. The fraction of sp³-hybridized carbons (Fsp3) is 0.429. The predicted molar refractivity (Wildman–Crippen MR) is 81.4 cm³/mol. The van der Waals surface area contributed by atoms with Gasteiger partial charge in [0.2, 0.25) is 0 Å². The van der Waals surface area contributed by atoms with Gasteiger partial charge in [0.15, 0.2) is 11.5 Å². The van der Waals surface area contributed by atoms with Crippen LogP contribution in [0.3, 0.4) is 0 Å². The number of hydrogen-bond acceptors (Lipinski definition) is 5. The van der Waals surface area contributed by atoms with Crippen molar-refractivity contribution in [3.8, 4) is 11.5 Å². The van der Waals surface area contributed by atoms with Gasteiger partial charge in [-0.25, -0.2) is 4.79 Å². The van der Waals surface area contributed by atoms with Crippen molar-refractivity contribution in [2.24, 2.45) is 0 Å². The Morgan fingerprint density at radius 2 is 1.95 bits per heavy atom. The summed E-state index contributed by atoms with van der Waals surface area (Å²) in [5.41, 5.74) is 0.322. The van der Waals surface area contributed by atoms with Crippen molar-refractivity contribution >= 4 is 23.6 Å². The van der Waals surface area contributed by atoms with E-state index in [9.17, 15) is 9.59 Å². The van der Waals surface area contributed by atoms with Crippen LogP contribution in [0.1, 0.15) is 16.8 Å². The van der Waals surface area contributed by atoms with E-state index in [4.69, 9.17) is 14.6 Å². The zero-order chi connectivity index (χ0) is 15.8. The summed E-state index contributed by atoms with van der Waals surface area (Å²) in [5, 5.41) is 11.6. The number of carbonyl (C=O) groups is 2. The summed E-state index contributed by atoms with van der Waals surface area (Å²) in [4.78, 5) is 23.2. The third-order valence-electron chi connectivity index (χ3n) is 2.86. The van der Waals surface area contributed by atoms with Crippen LogP contribution in [0.4, 0.5) is 0 Å². The summed E-state index contributed by atoms with van der Waals surface area (Å²) in [7, 11) is 2.97. The van der Waals surface area contributed by atoms with Gasteiger partial charge in [-0.05, 0) is 36.6 Å². The second-order valence-corrected chi connectivity index (χ2v) is 5.20. The molecule has 0 fully saturated rings. The fourth-order valence-corrected chi connectivity index (χ4v) is 2.18. The summed E-state index contributed by atoms with van der Waals surface area (Å²) in [5.74, 6) is 0.0816. The molecule has 0 heterocycles. The van der Waals surface area contributed by atoms with Gasteiger partial charge in [0.05, 0.1) is 14.2 Å². The lowest BCUT2D eigenvalue weighted by Crippen LogP contribution is -2.41. The van der Waals surface area contributed by atoms with Crippen LogP contribution in [0.15, 0.2) is 18.2 Å². The van der Waals surface area contributed by atoms with Gasteiger partial charge >= 0.3 is 5.97 Å². The summed E-state index contributed by atoms with van der Waals surface area (Å²) in [6, 6.07) is 3.77. The Balaban J connectivity index is 2.84. The molecule has 1 aromatic rings. The van der Waals surface area contributed by atoms with Crippen molar-refractivity contribution in [3.63, 3.8) is 0 Å². The quantitative estimate of drug-likeness (QED) is 0.759. The van der Waals surface area contributed by atoms with Crippen LogP contribution in [-0.2, 0) is 4.79 Å². The van der Waals surface area contributed by atoms with E-state index < -0.39 is 17.9 Å². The number of thioether (sulfide) groups is 1. The molecule has 0 saturated carbocycles. The molecule has 0 spiro atoms. The highest BCUT2D eigenvalue weighted by molar-refractivity contribution is 7.98. The number of ether oxygens (including phenoxy) is 2. The molecule has 0 aromatic heterocycles. The molecule has 2 N–H and O–H groups in total. The number of carboxylic acids is 1. The van der Waals surface area contributed by atoms with Crippen molar-refractivity contribution in [3.05, 3.63) is 23.8 Å². The van der Waals surface area contributed by atoms with Crippen LogP contribution in [-0.4, -0.2) is 49.3 Å². The zero-order valence-corrected chi connectivity index (χ0v) is 13.0. The minimum atomic E-state index is -1.04. The van der Waals surface area contributed by atoms with E-state index in [1.165, 1.54) is 32.0 Å². The zero-order valence-electron chi connectivity index (χ0n) is 12.2. The number of carbonyl (C=O) groups excluding carboxylic acids is 1. The molecule has 0 aliphatic carbocycles. The molecule has 7 heteroatoms. The first-order valence-electron chi connectivity index (χ1n) is 6.28. The van der Waals surface area contributed by atoms with Crippen molar-refractivity contribution in [2.75, 3.05) is 26.2 Å². The van der Waals surface area contributed by atoms with Crippen molar-refractivity contribution < 1.29 is 24.2 Å². The molecule has 0 unspecified atom stereocenters. The predicted octanol–water partition coefficient (Wildman–Crippen LogP) is 1.64. The number of hydrogen-bond donors (Lipinski definition) is 2. The van der Waals surface area contributed by atoms with Gasteiger partial charge in [-0.2, -0.15) is 11.8 Å². The normalized spacial score (nSPS) is 11.6. The van der Waals surface area contributed by atoms with E-state index in [1.807, 2.05) is 6.26 Å². The Kier molecular flexibility index (Phi) is 6.87. The molecule has 1 atom stereocenters. The van der Waals surface area contributed by atoms with Gasteiger partial charge in [0, 0.05) is 5.56 Å². The van der Waals surface area contributed by atoms with Gasteiger partial charge < -0.3 is 19.9 Å². The second-order valence-electron chi connectivity index (χ2n) is 4.22. The molecule has 1 aromatic carbocycles. The summed E-state index contributed by atoms with van der Waals surface area (Å²) in [6.45, 7) is 0. The van der Waals surface area contributed by atoms with Gasteiger partial charge in [0.1, 0.15) is 6.04 Å². The van der Waals surface area contributed by atoms with Gasteiger partial charge in [-0.3, -0.25) is 4.79 Å². The number of methoxy groups -OCH3 is 2.